The second-order valence-electron chi connectivity index (χ2n) is 8.35. The fourth-order valence-electron chi connectivity index (χ4n) is 3.12. The number of hydrogen-bond acceptors (Lipinski definition) is 8. The summed E-state index contributed by atoms with van der Waals surface area (Å²) in [5.74, 6) is -4.17. The molecule has 2 heterocycles. The van der Waals surface area contributed by atoms with Crippen LogP contribution in [0.15, 0.2) is 25.0 Å². The standard InChI is InChI=1S/C21H31N9O6/c1-11(2)18(21(35)36)30-17(32)8-26-20(34)15(4-13-6-24-10-28-13)29-16(31)7-25-19(33)14(22)3-12-5-23-9-27-12/h5-6,9-11,14-15,18H,3-4,7-8,22H2,1-2H3,(H,23,27)(H,24,28)(H,25,33)(H,26,34)(H,29,31)(H,30,32)(H,35,36)/t14-,15-,18-/m0/s1. The van der Waals surface area contributed by atoms with Gasteiger partial charge in [0.2, 0.25) is 23.6 Å². The van der Waals surface area contributed by atoms with Gasteiger partial charge >= 0.3 is 5.97 Å². The van der Waals surface area contributed by atoms with Gasteiger partial charge in [0.1, 0.15) is 12.1 Å². The number of imidazole rings is 2. The lowest BCUT2D eigenvalue weighted by Crippen LogP contribution is -2.54. The highest BCUT2D eigenvalue weighted by Crippen LogP contribution is 2.02. The van der Waals surface area contributed by atoms with Crippen LogP contribution in [0.4, 0.5) is 0 Å². The van der Waals surface area contributed by atoms with Gasteiger partial charge < -0.3 is 42.1 Å². The third-order valence-corrected chi connectivity index (χ3v) is 5.06. The first kappa shape index (κ1) is 28.0. The van der Waals surface area contributed by atoms with Crippen molar-refractivity contribution < 1.29 is 29.1 Å². The average Bonchev–Trinajstić information content (AvgIpc) is 3.53. The number of nitrogens with zero attached hydrogens (tertiary/aromatic N) is 2. The molecule has 0 aromatic carbocycles. The lowest BCUT2D eigenvalue weighted by atomic mass is 10.0. The minimum Gasteiger partial charge on any atom is -0.480 e. The summed E-state index contributed by atoms with van der Waals surface area (Å²) in [6.45, 7) is 2.34. The van der Waals surface area contributed by atoms with Gasteiger partial charge in [-0.3, -0.25) is 19.2 Å². The molecule has 2 aromatic heterocycles. The third kappa shape index (κ3) is 9.17. The minimum absolute atomic E-state index is 0.0240. The molecule has 0 aliphatic rings. The van der Waals surface area contributed by atoms with Crippen molar-refractivity contribution in [2.75, 3.05) is 13.1 Å². The molecule has 15 nitrogen and oxygen atoms in total. The number of aliphatic carboxylic acids is 1. The zero-order chi connectivity index (χ0) is 26.7. The Morgan fingerprint density at radius 2 is 1.42 bits per heavy atom. The van der Waals surface area contributed by atoms with E-state index in [1.807, 2.05) is 0 Å². The summed E-state index contributed by atoms with van der Waals surface area (Å²) in [4.78, 5) is 74.1. The van der Waals surface area contributed by atoms with E-state index in [1.165, 1.54) is 25.0 Å². The number of hydrogen-bond donors (Lipinski definition) is 8. The first-order valence-electron chi connectivity index (χ1n) is 11.1. The predicted octanol–water partition coefficient (Wildman–Crippen LogP) is -2.81. The summed E-state index contributed by atoms with van der Waals surface area (Å²) in [5, 5.41) is 18.8. The van der Waals surface area contributed by atoms with Crippen LogP contribution in [-0.2, 0) is 36.8 Å². The molecular weight excluding hydrogens is 474 g/mol. The summed E-state index contributed by atoms with van der Waals surface area (Å²) in [6.07, 6.45) is 6.07. The van der Waals surface area contributed by atoms with Crippen molar-refractivity contribution in [2.45, 2.75) is 44.8 Å². The Hall–Kier alpha value is -4.27. The van der Waals surface area contributed by atoms with Gasteiger partial charge in [0, 0.05) is 36.6 Å². The highest BCUT2D eigenvalue weighted by molar-refractivity contribution is 5.93. The molecule has 0 unspecified atom stereocenters. The first-order valence-corrected chi connectivity index (χ1v) is 11.1. The van der Waals surface area contributed by atoms with Crippen LogP contribution in [0.2, 0.25) is 0 Å². The van der Waals surface area contributed by atoms with Gasteiger partial charge in [0.15, 0.2) is 0 Å². The molecule has 3 atom stereocenters. The molecule has 2 aromatic rings. The Morgan fingerprint density at radius 1 is 0.889 bits per heavy atom. The number of carboxylic acids is 1. The molecule has 0 fully saturated rings. The summed E-state index contributed by atoms with van der Waals surface area (Å²) in [7, 11) is 0. The Balaban J connectivity index is 1.90. The second kappa shape index (κ2) is 13.6. The van der Waals surface area contributed by atoms with Gasteiger partial charge in [-0.2, -0.15) is 0 Å². The van der Waals surface area contributed by atoms with Gasteiger partial charge in [-0.15, -0.1) is 0 Å². The van der Waals surface area contributed by atoms with Crippen LogP contribution >= 0.6 is 0 Å². The van der Waals surface area contributed by atoms with Crippen molar-refractivity contribution in [2.24, 2.45) is 11.7 Å². The molecule has 9 N–H and O–H groups in total. The molecule has 0 aliphatic carbocycles. The lowest BCUT2D eigenvalue weighted by molar-refractivity contribution is -0.143. The molecule has 0 saturated heterocycles. The van der Waals surface area contributed by atoms with E-state index in [0.717, 1.165) is 0 Å². The van der Waals surface area contributed by atoms with Crippen LogP contribution in [0, 0.1) is 5.92 Å². The maximum atomic E-state index is 12.7. The number of nitrogens with one attached hydrogen (secondary N) is 6. The summed E-state index contributed by atoms with van der Waals surface area (Å²) < 4.78 is 0. The van der Waals surface area contributed by atoms with Crippen LogP contribution in [0.5, 0.6) is 0 Å². The zero-order valence-electron chi connectivity index (χ0n) is 19.9. The van der Waals surface area contributed by atoms with Crippen molar-refractivity contribution in [1.29, 1.82) is 0 Å². The highest BCUT2D eigenvalue weighted by atomic mass is 16.4. The van der Waals surface area contributed by atoms with Gasteiger partial charge in [0.05, 0.1) is 31.8 Å². The van der Waals surface area contributed by atoms with E-state index in [9.17, 15) is 29.1 Å². The molecule has 15 heteroatoms. The van der Waals surface area contributed by atoms with E-state index < -0.39 is 60.8 Å². The summed E-state index contributed by atoms with van der Waals surface area (Å²) >= 11 is 0. The third-order valence-electron chi connectivity index (χ3n) is 5.06. The lowest BCUT2D eigenvalue weighted by Gasteiger charge is -2.20. The number of amides is 4. The molecule has 0 saturated carbocycles. The number of carbonyl (C=O) groups is 5. The normalized spacial score (nSPS) is 13.3. The van der Waals surface area contributed by atoms with Crippen LogP contribution < -0.4 is 27.0 Å². The van der Waals surface area contributed by atoms with E-state index in [0.29, 0.717) is 11.4 Å². The molecule has 4 amide bonds. The zero-order valence-corrected chi connectivity index (χ0v) is 19.9. The fraction of sp³-hybridized carbons (Fsp3) is 0.476. The molecule has 196 valence electrons. The van der Waals surface area contributed by atoms with E-state index in [-0.39, 0.29) is 18.8 Å². The van der Waals surface area contributed by atoms with Crippen LogP contribution in [0.1, 0.15) is 25.2 Å². The SMILES string of the molecule is CC(C)[C@H](NC(=O)CNC(=O)[C@H](Cc1cnc[nH]1)NC(=O)CNC(=O)[C@@H](N)Cc1cnc[nH]1)C(=O)O. The molecular formula is C21H31N9O6. The second-order valence-corrected chi connectivity index (χ2v) is 8.35. The van der Waals surface area contributed by atoms with Crippen LogP contribution in [-0.4, -0.2) is 85.9 Å². The Morgan fingerprint density at radius 3 is 1.92 bits per heavy atom. The van der Waals surface area contributed by atoms with Crippen molar-refractivity contribution in [3.05, 3.63) is 36.4 Å². The molecule has 0 bridgehead atoms. The molecule has 0 spiro atoms. The number of rotatable bonds is 14. The molecule has 0 radical (unpaired) electrons. The Bertz CT molecular complexity index is 1020. The maximum Gasteiger partial charge on any atom is 0.326 e. The predicted molar refractivity (Wildman–Crippen MR) is 125 cm³/mol. The average molecular weight is 506 g/mol. The largest absolute Gasteiger partial charge is 0.480 e. The van der Waals surface area contributed by atoms with Gasteiger partial charge in [-0.05, 0) is 5.92 Å². The van der Waals surface area contributed by atoms with Crippen LogP contribution in [0.3, 0.4) is 0 Å². The van der Waals surface area contributed by atoms with E-state index in [4.69, 9.17) is 5.73 Å². The van der Waals surface area contributed by atoms with Crippen molar-refractivity contribution in [3.63, 3.8) is 0 Å². The maximum absolute atomic E-state index is 12.7. The van der Waals surface area contributed by atoms with Gasteiger partial charge in [0.25, 0.3) is 0 Å². The Kier molecular flexibility index (Phi) is 10.5. The minimum atomic E-state index is -1.19. The van der Waals surface area contributed by atoms with Gasteiger partial charge in [-0.1, -0.05) is 13.8 Å². The molecule has 2 rings (SSSR count). The topological polar surface area (TPSA) is 237 Å². The van der Waals surface area contributed by atoms with E-state index in [1.54, 1.807) is 13.8 Å². The van der Waals surface area contributed by atoms with Gasteiger partial charge in [-0.25, -0.2) is 14.8 Å². The van der Waals surface area contributed by atoms with E-state index >= 15 is 0 Å². The van der Waals surface area contributed by atoms with Crippen molar-refractivity contribution in [3.8, 4) is 0 Å². The number of carboxylic acid groups (broad SMARTS) is 1. The number of aromatic amines is 2. The van der Waals surface area contributed by atoms with Crippen molar-refractivity contribution in [1.82, 2.24) is 41.2 Å². The smallest absolute Gasteiger partial charge is 0.326 e. The Labute approximate surface area is 206 Å². The number of carbonyl (C=O) groups excluding carboxylic acids is 4. The van der Waals surface area contributed by atoms with E-state index in [2.05, 4.69) is 41.2 Å². The highest BCUT2D eigenvalue weighted by Gasteiger charge is 2.26. The quantitative estimate of drug-likeness (QED) is 0.132. The summed E-state index contributed by atoms with van der Waals surface area (Å²) in [6, 6.07) is -3.14. The first-order chi connectivity index (χ1) is 17.1. The fourth-order valence-corrected chi connectivity index (χ4v) is 3.12. The number of aromatic nitrogens is 4. The monoisotopic (exact) mass is 505 g/mol. The molecule has 0 aliphatic heterocycles. The van der Waals surface area contributed by atoms with Crippen molar-refractivity contribution >= 4 is 29.6 Å². The number of nitrogens with two attached hydrogens (primary N) is 1. The molecule has 36 heavy (non-hydrogen) atoms. The van der Waals surface area contributed by atoms with Crippen LogP contribution in [0.25, 0.3) is 0 Å². The number of H-pyrrole nitrogens is 2. The summed E-state index contributed by atoms with van der Waals surface area (Å²) in [5.41, 5.74) is 7.03.